The van der Waals surface area contributed by atoms with Crippen LogP contribution in [0.3, 0.4) is 0 Å². The number of benzene rings is 1. The predicted octanol–water partition coefficient (Wildman–Crippen LogP) is 2.51. The molecule has 0 unspecified atom stereocenters. The zero-order valence-electron chi connectivity index (χ0n) is 10.8. The molecule has 1 aliphatic heterocycles. The van der Waals surface area contributed by atoms with Crippen molar-refractivity contribution in [2.75, 3.05) is 19.3 Å². The van der Waals surface area contributed by atoms with Crippen LogP contribution in [0.4, 0.5) is 0 Å². The first-order valence-corrected chi connectivity index (χ1v) is 8.86. The summed E-state index contributed by atoms with van der Waals surface area (Å²) >= 11 is 1.86. The molecular weight excluding hydrogens is 266 g/mol. The van der Waals surface area contributed by atoms with Crippen molar-refractivity contribution >= 4 is 21.8 Å². The molecule has 0 atom stereocenters. The van der Waals surface area contributed by atoms with Crippen LogP contribution >= 0.6 is 11.8 Å². The van der Waals surface area contributed by atoms with E-state index in [9.17, 15) is 8.42 Å². The number of aryl methyl sites for hydroxylation is 1. The van der Waals surface area contributed by atoms with Crippen LogP contribution in [0.5, 0.6) is 0 Å². The monoisotopic (exact) mass is 285 g/mol. The van der Waals surface area contributed by atoms with Crippen molar-refractivity contribution in [1.29, 1.82) is 0 Å². The Balaban J connectivity index is 1.89. The quantitative estimate of drug-likeness (QED) is 0.856. The summed E-state index contributed by atoms with van der Waals surface area (Å²) in [6.07, 6.45) is 3.16. The predicted molar refractivity (Wildman–Crippen MR) is 76.5 cm³/mol. The summed E-state index contributed by atoms with van der Waals surface area (Å²) < 4.78 is 24.4. The lowest BCUT2D eigenvalue weighted by Gasteiger charge is -2.29. The topological polar surface area (TPSA) is 37.4 Å². The summed E-state index contributed by atoms with van der Waals surface area (Å²) in [4.78, 5) is 1.28. The highest BCUT2D eigenvalue weighted by atomic mass is 32.2. The van der Waals surface area contributed by atoms with Gasteiger partial charge in [-0.05, 0) is 31.9 Å². The lowest BCUT2D eigenvalue weighted by molar-refractivity contribution is 0.355. The fourth-order valence-corrected chi connectivity index (χ4v) is 4.09. The van der Waals surface area contributed by atoms with Gasteiger partial charge in [-0.15, -0.1) is 11.8 Å². The minimum atomic E-state index is -3.00. The molecule has 5 heteroatoms. The van der Waals surface area contributed by atoms with E-state index in [1.54, 1.807) is 4.31 Å². The second-order valence-electron chi connectivity index (χ2n) is 4.79. The van der Waals surface area contributed by atoms with Gasteiger partial charge in [-0.25, -0.2) is 12.7 Å². The fourth-order valence-electron chi connectivity index (χ4n) is 2.09. The maximum absolute atomic E-state index is 11.4. The van der Waals surface area contributed by atoms with Gasteiger partial charge >= 0.3 is 0 Å². The summed E-state index contributed by atoms with van der Waals surface area (Å²) in [6.45, 7) is 3.39. The molecule has 0 bridgehead atoms. The van der Waals surface area contributed by atoms with E-state index in [4.69, 9.17) is 0 Å². The van der Waals surface area contributed by atoms with Crippen molar-refractivity contribution in [3.63, 3.8) is 0 Å². The largest absolute Gasteiger partial charge is 0.213 e. The van der Waals surface area contributed by atoms with Crippen LogP contribution in [0.15, 0.2) is 29.2 Å². The van der Waals surface area contributed by atoms with Crippen LogP contribution in [-0.2, 0) is 10.0 Å². The van der Waals surface area contributed by atoms with Crippen molar-refractivity contribution < 1.29 is 8.42 Å². The number of sulfonamides is 1. The lowest BCUT2D eigenvalue weighted by atomic mass is 10.2. The molecule has 1 saturated heterocycles. The van der Waals surface area contributed by atoms with E-state index < -0.39 is 10.0 Å². The summed E-state index contributed by atoms with van der Waals surface area (Å²) in [7, 11) is -3.00. The van der Waals surface area contributed by atoms with E-state index >= 15 is 0 Å². The maximum Gasteiger partial charge on any atom is 0.211 e. The molecule has 100 valence electrons. The molecule has 1 fully saturated rings. The summed E-state index contributed by atoms with van der Waals surface area (Å²) in [5, 5.41) is 0.533. The van der Waals surface area contributed by atoms with Crippen molar-refractivity contribution in [2.45, 2.75) is 29.9 Å². The minimum absolute atomic E-state index is 0.533. The molecule has 0 spiro atoms. The zero-order valence-corrected chi connectivity index (χ0v) is 12.4. The van der Waals surface area contributed by atoms with E-state index in [-0.39, 0.29) is 0 Å². The fraction of sp³-hybridized carbons (Fsp3) is 0.538. The molecule has 2 rings (SSSR count). The maximum atomic E-state index is 11.4. The van der Waals surface area contributed by atoms with Gasteiger partial charge in [0.25, 0.3) is 0 Å². The van der Waals surface area contributed by atoms with Crippen LogP contribution in [0.2, 0.25) is 0 Å². The van der Waals surface area contributed by atoms with Gasteiger partial charge in [0, 0.05) is 23.2 Å². The van der Waals surface area contributed by atoms with Gasteiger partial charge in [0.05, 0.1) is 6.26 Å². The normalized spacial score (nSPS) is 19.0. The third kappa shape index (κ3) is 3.73. The second kappa shape index (κ2) is 5.63. The molecule has 0 saturated carbocycles. The van der Waals surface area contributed by atoms with Crippen LogP contribution in [-0.4, -0.2) is 37.3 Å². The average Bonchev–Trinajstić information content (AvgIpc) is 2.32. The standard InChI is InChI=1S/C13H19NO2S2/c1-11-3-5-12(6-4-11)17-13-7-9-14(10-8-13)18(2,15)16/h3-6,13H,7-10H2,1-2H3. The number of rotatable bonds is 3. The Labute approximate surface area is 114 Å². The molecular formula is C13H19NO2S2. The molecule has 0 aliphatic carbocycles. The van der Waals surface area contributed by atoms with Gasteiger partial charge in [0.15, 0.2) is 0 Å². The summed E-state index contributed by atoms with van der Waals surface area (Å²) in [5.41, 5.74) is 1.27. The van der Waals surface area contributed by atoms with Crippen LogP contribution in [0.1, 0.15) is 18.4 Å². The Bertz CT molecular complexity index is 488. The SMILES string of the molecule is Cc1ccc(SC2CCN(S(C)(=O)=O)CC2)cc1. The van der Waals surface area contributed by atoms with E-state index in [0.29, 0.717) is 18.3 Å². The second-order valence-corrected chi connectivity index (χ2v) is 8.15. The summed E-state index contributed by atoms with van der Waals surface area (Å²) in [5.74, 6) is 0. The number of hydrogen-bond donors (Lipinski definition) is 0. The van der Waals surface area contributed by atoms with Gasteiger partial charge in [-0.1, -0.05) is 17.7 Å². The Morgan fingerprint density at radius 1 is 1.17 bits per heavy atom. The lowest BCUT2D eigenvalue weighted by Crippen LogP contribution is -2.38. The van der Waals surface area contributed by atoms with E-state index in [1.165, 1.54) is 16.7 Å². The Kier molecular flexibility index (Phi) is 4.35. The molecule has 18 heavy (non-hydrogen) atoms. The van der Waals surface area contributed by atoms with Crippen molar-refractivity contribution in [3.05, 3.63) is 29.8 Å². The minimum Gasteiger partial charge on any atom is -0.213 e. The molecule has 0 radical (unpaired) electrons. The third-order valence-electron chi connectivity index (χ3n) is 3.19. The molecule has 1 aliphatic rings. The number of hydrogen-bond acceptors (Lipinski definition) is 3. The van der Waals surface area contributed by atoms with E-state index in [2.05, 4.69) is 31.2 Å². The van der Waals surface area contributed by atoms with Crippen LogP contribution < -0.4 is 0 Å². The number of thioether (sulfide) groups is 1. The highest BCUT2D eigenvalue weighted by Crippen LogP contribution is 2.30. The van der Waals surface area contributed by atoms with Crippen LogP contribution in [0, 0.1) is 6.92 Å². The molecule has 0 aromatic heterocycles. The third-order valence-corrected chi connectivity index (χ3v) is 5.85. The molecule has 0 N–H and O–H groups in total. The van der Waals surface area contributed by atoms with Crippen molar-refractivity contribution in [2.24, 2.45) is 0 Å². The first kappa shape index (κ1) is 13.9. The van der Waals surface area contributed by atoms with E-state index in [0.717, 1.165) is 12.8 Å². The van der Waals surface area contributed by atoms with E-state index in [1.807, 2.05) is 11.8 Å². The van der Waals surface area contributed by atoms with Crippen molar-refractivity contribution in [3.8, 4) is 0 Å². The first-order valence-electron chi connectivity index (χ1n) is 6.13. The molecule has 1 aromatic rings. The highest BCUT2D eigenvalue weighted by Gasteiger charge is 2.25. The Morgan fingerprint density at radius 2 is 1.72 bits per heavy atom. The molecule has 1 aromatic carbocycles. The smallest absolute Gasteiger partial charge is 0.211 e. The number of nitrogens with zero attached hydrogens (tertiary/aromatic N) is 1. The van der Waals surface area contributed by atoms with Gasteiger partial charge in [-0.2, -0.15) is 0 Å². The molecule has 3 nitrogen and oxygen atoms in total. The Hall–Kier alpha value is -0.520. The van der Waals surface area contributed by atoms with Gasteiger partial charge in [0.1, 0.15) is 0 Å². The molecule has 0 amide bonds. The highest BCUT2D eigenvalue weighted by molar-refractivity contribution is 8.00. The Morgan fingerprint density at radius 3 is 2.22 bits per heavy atom. The summed E-state index contributed by atoms with van der Waals surface area (Å²) in [6, 6.07) is 8.52. The van der Waals surface area contributed by atoms with Gasteiger partial charge in [-0.3, -0.25) is 0 Å². The first-order chi connectivity index (χ1) is 8.45. The number of piperidine rings is 1. The molecule has 1 heterocycles. The van der Waals surface area contributed by atoms with Crippen LogP contribution in [0.25, 0.3) is 0 Å². The van der Waals surface area contributed by atoms with Crippen molar-refractivity contribution in [1.82, 2.24) is 4.31 Å². The van der Waals surface area contributed by atoms with Gasteiger partial charge in [0.2, 0.25) is 10.0 Å². The average molecular weight is 285 g/mol. The van der Waals surface area contributed by atoms with Gasteiger partial charge < -0.3 is 0 Å². The zero-order chi connectivity index (χ0) is 13.2.